The molecular formula is C21H23N3O3S. The van der Waals surface area contributed by atoms with Gasteiger partial charge in [-0.05, 0) is 35.6 Å². The summed E-state index contributed by atoms with van der Waals surface area (Å²) in [6.07, 6.45) is 0.942. The van der Waals surface area contributed by atoms with Crippen LogP contribution in [0.2, 0.25) is 0 Å². The first-order valence-electron chi connectivity index (χ1n) is 9.38. The Balaban J connectivity index is 1.36. The molecule has 1 aromatic carbocycles. The predicted molar refractivity (Wildman–Crippen MR) is 109 cm³/mol. The lowest BCUT2D eigenvalue weighted by Gasteiger charge is -2.21. The molecule has 6 nitrogen and oxygen atoms in total. The molecule has 1 aliphatic heterocycles. The first kappa shape index (κ1) is 18.7. The number of ether oxygens (including phenoxy) is 1. The second-order valence-electron chi connectivity index (χ2n) is 6.82. The van der Waals surface area contributed by atoms with Crippen molar-refractivity contribution in [2.24, 2.45) is 0 Å². The van der Waals surface area contributed by atoms with Gasteiger partial charge in [-0.1, -0.05) is 23.4 Å². The molecule has 0 spiro atoms. The Morgan fingerprint density at radius 3 is 2.79 bits per heavy atom. The number of nitrogens with zero attached hydrogens (tertiary/aromatic N) is 3. The number of rotatable bonds is 5. The van der Waals surface area contributed by atoms with E-state index in [2.05, 4.69) is 22.2 Å². The Kier molecular flexibility index (Phi) is 5.73. The smallest absolute Gasteiger partial charge is 0.276 e. The lowest BCUT2D eigenvalue weighted by Crippen LogP contribution is -2.35. The van der Waals surface area contributed by atoms with Crippen LogP contribution in [0.1, 0.15) is 22.5 Å². The third kappa shape index (κ3) is 4.26. The molecule has 3 aromatic rings. The molecule has 0 aliphatic carbocycles. The molecule has 0 saturated carbocycles. The van der Waals surface area contributed by atoms with Gasteiger partial charge in [-0.15, -0.1) is 11.3 Å². The number of amides is 1. The van der Waals surface area contributed by atoms with Crippen LogP contribution < -0.4 is 4.74 Å². The highest BCUT2D eigenvalue weighted by molar-refractivity contribution is 7.13. The van der Waals surface area contributed by atoms with Gasteiger partial charge >= 0.3 is 0 Å². The number of hydrogen-bond acceptors (Lipinski definition) is 6. The van der Waals surface area contributed by atoms with Crippen LogP contribution in [-0.2, 0) is 6.54 Å². The SMILES string of the molecule is COc1ccc(CN2CCCN(C(=O)c3cc(-c4cccs4)on3)CC2)cc1. The zero-order valence-corrected chi connectivity index (χ0v) is 16.7. The number of methoxy groups -OCH3 is 1. The van der Waals surface area contributed by atoms with Crippen molar-refractivity contribution in [3.63, 3.8) is 0 Å². The largest absolute Gasteiger partial charge is 0.497 e. The van der Waals surface area contributed by atoms with Crippen molar-refractivity contribution >= 4 is 17.2 Å². The molecule has 28 heavy (non-hydrogen) atoms. The van der Waals surface area contributed by atoms with E-state index in [-0.39, 0.29) is 5.91 Å². The number of carbonyl (C=O) groups is 1. The summed E-state index contributed by atoms with van der Waals surface area (Å²) >= 11 is 1.57. The molecule has 1 amide bonds. The van der Waals surface area contributed by atoms with Crippen LogP contribution in [0, 0.1) is 0 Å². The second-order valence-corrected chi connectivity index (χ2v) is 7.77. The summed E-state index contributed by atoms with van der Waals surface area (Å²) in [5.41, 5.74) is 1.63. The van der Waals surface area contributed by atoms with E-state index in [1.54, 1.807) is 24.5 Å². The van der Waals surface area contributed by atoms with Crippen LogP contribution in [0.5, 0.6) is 5.75 Å². The van der Waals surface area contributed by atoms with Gasteiger partial charge in [0.15, 0.2) is 11.5 Å². The molecule has 0 N–H and O–H groups in total. The van der Waals surface area contributed by atoms with E-state index in [1.165, 1.54) is 5.56 Å². The molecule has 2 aromatic heterocycles. The van der Waals surface area contributed by atoms with E-state index in [0.29, 0.717) is 18.0 Å². The average Bonchev–Trinajstić information content (AvgIpc) is 3.37. The van der Waals surface area contributed by atoms with Crippen LogP contribution in [0.3, 0.4) is 0 Å². The van der Waals surface area contributed by atoms with Gasteiger partial charge in [0.05, 0.1) is 12.0 Å². The van der Waals surface area contributed by atoms with Gasteiger partial charge in [-0.3, -0.25) is 9.69 Å². The van der Waals surface area contributed by atoms with Crippen molar-refractivity contribution in [3.8, 4) is 16.4 Å². The Morgan fingerprint density at radius 1 is 1.18 bits per heavy atom. The molecule has 0 bridgehead atoms. The normalized spacial score (nSPS) is 15.4. The van der Waals surface area contributed by atoms with Crippen LogP contribution in [0.4, 0.5) is 0 Å². The number of aromatic nitrogens is 1. The van der Waals surface area contributed by atoms with Gasteiger partial charge in [-0.2, -0.15) is 0 Å². The summed E-state index contributed by atoms with van der Waals surface area (Å²) in [5, 5.41) is 5.97. The lowest BCUT2D eigenvalue weighted by atomic mass is 10.2. The molecule has 0 radical (unpaired) electrons. The quantitative estimate of drug-likeness (QED) is 0.656. The predicted octanol–water partition coefficient (Wildman–Crippen LogP) is 3.76. The maximum Gasteiger partial charge on any atom is 0.276 e. The average molecular weight is 398 g/mol. The Bertz CT molecular complexity index is 905. The molecule has 1 saturated heterocycles. The number of carbonyl (C=O) groups excluding carboxylic acids is 1. The summed E-state index contributed by atoms with van der Waals surface area (Å²) in [7, 11) is 1.67. The number of thiophene rings is 1. The molecule has 1 fully saturated rings. The van der Waals surface area contributed by atoms with E-state index in [9.17, 15) is 4.79 Å². The van der Waals surface area contributed by atoms with Crippen LogP contribution in [0.25, 0.3) is 10.6 Å². The van der Waals surface area contributed by atoms with Crippen LogP contribution in [-0.4, -0.2) is 54.2 Å². The number of benzene rings is 1. The zero-order valence-electron chi connectivity index (χ0n) is 15.8. The fourth-order valence-corrected chi connectivity index (χ4v) is 4.07. The summed E-state index contributed by atoms with van der Waals surface area (Å²) in [6.45, 7) is 4.11. The van der Waals surface area contributed by atoms with Crippen molar-refractivity contribution in [1.82, 2.24) is 15.0 Å². The third-order valence-corrected chi connectivity index (χ3v) is 5.82. The molecule has 3 heterocycles. The van der Waals surface area contributed by atoms with Crippen molar-refractivity contribution in [2.75, 3.05) is 33.3 Å². The minimum absolute atomic E-state index is 0.0575. The molecule has 0 atom stereocenters. The van der Waals surface area contributed by atoms with E-state index in [4.69, 9.17) is 9.26 Å². The maximum absolute atomic E-state index is 12.8. The molecular weight excluding hydrogens is 374 g/mol. The second kappa shape index (κ2) is 8.58. The Labute approximate surface area is 168 Å². The molecule has 4 rings (SSSR count). The Morgan fingerprint density at radius 2 is 2.04 bits per heavy atom. The van der Waals surface area contributed by atoms with Gasteiger partial charge in [0.25, 0.3) is 5.91 Å². The van der Waals surface area contributed by atoms with Crippen molar-refractivity contribution in [2.45, 2.75) is 13.0 Å². The minimum Gasteiger partial charge on any atom is -0.497 e. The van der Waals surface area contributed by atoms with Gasteiger partial charge in [0.2, 0.25) is 0 Å². The summed E-state index contributed by atoms with van der Waals surface area (Å²) in [6, 6.07) is 13.8. The monoisotopic (exact) mass is 397 g/mol. The van der Waals surface area contributed by atoms with Crippen molar-refractivity contribution in [1.29, 1.82) is 0 Å². The maximum atomic E-state index is 12.8. The van der Waals surface area contributed by atoms with E-state index in [1.807, 2.05) is 34.5 Å². The van der Waals surface area contributed by atoms with Gasteiger partial charge in [0, 0.05) is 38.8 Å². The fraction of sp³-hybridized carbons (Fsp3) is 0.333. The fourth-order valence-electron chi connectivity index (χ4n) is 3.39. The third-order valence-electron chi connectivity index (χ3n) is 4.93. The lowest BCUT2D eigenvalue weighted by molar-refractivity contribution is 0.0751. The first-order valence-corrected chi connectivity index (χ1v) is 10.3. The summed E-state index contributed by atoms with van der Waals surface area (Å²) in [4.78, 5) is 18.1. The van der Waals surface area contributed by atoms with Gasteiger partial charge in [-0.25, -0.2) is 0 Å². The van der Waals surface area contributed by atoms with Crippen LogP contribution in [0.15, 0.2) is 52.4 Å². The summed E-state index contributed by atoms with van der Waals surface area (Å²) < 4.78 is 10.6. The first-order chi connectivity index (χ1) is 13.7. The minimum atomic E-state index is -0.0575. The highest BCUT2D eigenvalue weighted by Gasteiger charge is 2.23. The van der Waals surface area contributed by atoms with Crippen molar-refractivity contribution in [3.05, 3.63) is 59.1 Å². The topological polar surface area (TPSA) is 58.8 Å². The molecule has 1 aliphatic rings. The molecule has 146 valence electrons. The van der Waals surface area contributed by atoms with E-state index < -0.39 is 0 Å². The molecule has 0 unspecified atom stereocenters. The van der Waals surface area contributed by atoms with Gasteiger partial charge in [0.1, 0.15) is 5.75 Å². The highest BCUT2D eigenvalue weighted by Crippen LogP contribution is 2.25. The highest BCUT2D eigenvalue weighted by atomic mass is 32.1. The standard InChI is InChI=1S/C21H23N3O3S/c1-26-17-7-5-16(6-8-17)15-23-9-3-10-24(12-11-23)21(25)18-14-19(27-22-18)20-4-2-13-28-20/h2,4-8,13-14H,3,9-12,15H2,1H3. The van der Waals surface area contributed by atoms with Gasteiger partial charge < -0.3 is 14.2 Å². The molecule has 7 heteroatoms. The number of hydrogen-bond donors (Lipinski definition) is 0. The zero-order chi connectivity index (χ0) is 19.3. The van der Waals surface area contributed by atoms with Crippen LogP contribution >= 0.6 is 11.3 Å². The van der Waals surface area contributed by atoms with E-state index >= 15 is 0 Å². The Hall–Kier alpha value is -2.64. The van der Waals surface area contributed by atoms with E-state index in [0.717, 1.165) is 43.2 Å². The summed E-state index contributed by atoms with van der Waals surface area (Å²) in [5.74, 6) is 1.46. The van der Waals surface area contributed by atoms with Crippen molar-refractivity contribution < 1.29 is 14.1 Å².